The van der Waals surface area contributed by atoms with Crippen LogP contribution in [-0.4, -0.2) is 71.5 Å². The van der Waals surface area contributed by atoms with E-state index in [9.17, 15) is 0 Å². The molecule has 0 bridgehead atoms. The van der Waals surface area contributed by atoms with Crippen molar-refractivity contribution < 1.29 is 14.2 Å². The summed E-state index contributed by atoms with van der Waals surface area (Å²) < 4.78 is 16.4. The highest BCUT2D eigenvalue weighted by molar-refractivity contribution is 14.0. The first-order chi connectivity index (χ1) is 14.1. The highest BCUT2D eigenvalue weighted by Crippen LogP contribution is 2.34. The zero-order valence-electron chi connectivity index (χ0n) is 19.1. The molecule has 1 heterocycles. The van der Waals surface area contributed by atoms with Crippen LogP contribution in [0, 0.1) is 0 Å². The van der Waals surface area contributed by atoms with Gasteiger partial charge < -0.3 is 29.7 Å². The second-order valence-electron chi connectivity index (χ2n) is 7.42. The number of benzene rings is 1. The molecule has 8 heteroatoms. The van der Waals surface area contributed by atoms with Crippen LogP contribution in [0.4, 0.5) is 0 Å². The van der Waals surface area contributed by atoms with Crippen LogP contribution in [0.1, 0.15) is 38.2 Å². The molecule has 2 rings (SSSR count). The fourth-order valence-corrected chi connectivity index (χ4v) is 3.83. The van der Waals surface area contributed by atoms with E-state index < -0.39 is 0 Å². The number of halogens is 1. The molecule has 1 unspecified atom stereocenters. The second-order valence-corrected chi connectivity index (χ2v) is 7.42. The van der Waals surface area contributed by atoms with Crippen molar-refractivity contribution >= 4 is 29.9 Å². The van der Waals surface area contributed by atoms with Crippen molar-refractivity contribution in [3.63, 3.8) is 0 Å². The largest absolute Gasteiger partial charge is 0.496 e. The molecular weight excluding hydrogens is 495 g/mol. The lowest BCUT2D eigenvalue weighted by molar-refractivity contribution is 0.159. The van der Waals surface area contributed by atoms with E-state index in [1.807, 2.05) is 12.1 Å². The zero-order valence-corrected chi connectivity index (χ0v) is 21.5. The molecule has 1 aliphatic rings. The molecule has 1 atom stereocenters. The molecule has 172 valence electrons. The lowest BCUT2D eigenvalue weighted by Gasteiger charge is -2.33. The predicted molar refractivity (Wildman–Crippen MR) is 134 cm³/mol. The molecule has 0 saturated carbocycles. The number of hydrogen-bond acceptors (Lipinski definition) is 5. The normalized spacial score (nSPS) is 17.1. The van der Waals surface area contributed by atoms with Gasteiger partial charge in [-0.05, 0) is 39.2 Å². The van der Waals surface area contributed by atoms with Gasteiger partial charge in [0.15, 0.2) is 5.96 Å². The minimum atomic E-state index is 0. The molecule has 1 fully saturated rings. The Morgan fingerprint density at radius 1 is 1.07 bits per heavy atom. The maximum absolute atomic E-state index is 5.52. The van der Waals surface area contributed by atoms with Crippen LogP contribution in [0.5, 0.6) is 17.2 Å². The number of methoxy groups -OCH3 is 3. The lowest BCUT2D eigenvalue weighted by atomic mass is 10.0. The van der Waals surface area contributed by atoms with Crippen LogP contribution in [0.25, 0.3) is 0 Å². The molecule has 7 nitrogen and oxygen atoms in total. The van der Waals surface area contributed by atoms with Crippen LogP contribution in [0.3, 0.4) is 0 Å². The van der Waals surface area contributed by atoms with Crippen molar-refractivity contribution in [2.75, 3.05) is 54.6 Å². The fourth-order valence-electron chi connectivity index (χ4n) is 3.83. The number of guanidine groups is 1. The molecule has 2 N–H and O–H groups in total. The molecular formula is C22H39IN4O3. The van der Waals surface area contributed by atoms with E-state index in [0.29, 0.717) is 0 Å². The Labute approximate surface area is 199 Å². The van der Waals surface area contributed by atoms with Gasteiger partial charge in [-0.3, -0.25) is 4.99 Å². The Morgan fingerprint density at radius 2 is 1.73 bits per heavy atom. The van der Waals surface area contributed by atoms with Gasteiger partial charge >= 0.3 is 0 Å². The molecule has 1 saturated heterocycles. The number of hydrogen-bond donors (Lipinski definition) is 2. The van der Waals surface area contributed by atoms with Crippen molar-refractivity contribution in [1.29, 1.82) is 0 Å². The summed E-state index contributed by atoms with van der Waals surface area (Å²) in [7, 11) is 6.76. The SMILES string of the molecule is CN=C(NCCCN1CCCCC1C)NCCc1c(OC)cc(OC)cc1OC.I. The van der Waals surface area contributed by atoms with Crippen LogP contribution in [0.15, 0.2) is 17.1 Å². The van der Waals surface area contributed by atoms with Gasteiger partial charge in [0, 0.05) is 50.4 Å². The van der Waals surface area contributed by atoms with Gasteiger partial charge in [-0.15, -0.1) is 24.0 Å². The van der Waals surface area contributed by atoms with Crippen molar-refractivity contribution in [2.24, 2.45) is 4.99 Å². The van der Waals surface area contributed by atoms with E-state index in [2.05, 4.69) is 27.4 Å². The van der Waals surface area contributed by atoms with Crippen LogP contribution in [0.2, 0.25) is 0 Å². The summed E-state index contributed by atoms with van der Waals surface area (Å²) in [4.78, 5) is 6.93. The summed E-state index contributed by atoms with van der Waals surface area (Å²) in [5.41, 5.74) is 1.01. The van der Waals surface area contributed by atoms with Gasteiger partial charge in [0.1, 0.15) is 17.2 Å². The Hall–Kier alpha value is -1.42. The average molecular weight is 534 g/mol. The average Bonchev–Trinajstić information content (AvgIpc) is 2.76. The smallest absolute Gasteiger partial charge is 0.190 e. The van der Waals surface area contributed by atoms with E-state index in [4.69, 9.17) is 14.2 Å². The molecule has 0 amide bonds. The molecule has 1 aromatic carbocycles. The van der Waals surface area contributed by atoms with Gasteiger partial charge in [0.05, 0.1) is 21.3 Å². The highest BCUT2D eigenvalue weighted by atomic mass is 127. The Balaban J connectivity index is 0.00000450. The maximum atomic E-state index is 5.52. The molecule has 0 aliphatic carbocycles. The molecule has 30 heavy (non-hydrogen) atoms. The Bertz CT molecular complexity index is 632. The van der Waals surface area contributed by atoms with E-state index in [1.165, 1.54) is 25.8 Å². The summed E-state index contributed by atoms with van der Waals surface area (Å²) in [6.07, 6.45) is 5.90. The Morgan fingerprint density at radius 3 is 2.30 bits per heavy atom. The number of piperidine rings is 1. The summed E-state index contributed by atoms with van der Waals surface area (Å²) >= 11 is 0. The second kappa shape index (κ2) is 14.6. The van der Waals surface area contributed by atoms with E-state index in [0.717, 1.165) is 67.3 Å². The van der Waals surface area contributed by atoms with E-state index in [-0.39, 0.29) is 24.0 Å². The molecule has 0 aromatic heterocycles. The van der Waals surface area contributed by atoms with E-state index >= 15 is 0 Å². The predicted octanol–water partition coefficient (Wildman–Crippen LogP) is 3.30. The van der Waals surface area contributed by atoms with Gasteiger partial charge in [0.25, 0.3) is 0 Å². The number of rotatable bonds is 10. The summed E-state index contributed by atoms with van der Waals surface area (Å²) in [5, 5.41) is 6.79. The highest BCUT2D eigenvalue weighted by Gasteiger charge is 2.17. The van der Waals surface area contributed by atoms with Crippen LogP contribution >= 0.6 is 24.0 Å². The standard InChI is InChI=1S/C22H38N4O3.HI/c1-17-9-6-7-13-26(17)14-8-11-24-22(23-2)25-12-10-19-20(28-4)15-18(27-3)16-21(19)29-5;/h15-17H,6-14H2,1-5H3,(H2,23,24,25);1H. The van der Waals surface area contributed by atoms with Gasteiger partial charge in [-0.1, -0.05) is 6.42 Å². The minimum absolute atomic E-state index is 0. The maximum Gasteiger partial charge on any atom is 0.190 e. The van der Waals surface area contributed by atoms with E-state index in [1.54, 1.807) is 28.4 Å². The first-order valence-corrected chi connectivity index (χ1v) is 10.6. The van der Waals surface area contributed by atoms with Crippen molar-refractivity contribution in [3.8, 4) is 17.2 Å². The molecule has 0 radical (unpaired) electrons. The monoisotopic (exact) mass is 534 g/mol. The number of ether oxygens (including phenoxy) is 3. The first-order valence-electron chi connectivity index (χ1n) is 10.6. The minimum Gasteiger partial charge on any atom is -0.496 e. The summed E-state index contributed by atoms with van der Waals surface area (Å²) in [5.74, 6) is 3.07. The fraction of sp³-hybridized carbons (Fsp3) is 0.682. The lowest BCUT2D eigenvalue weighted by Crippen LogP contribution is -2.41. The molecule has 1 aliphatic heterocycles. The molecule has 1 aromatic rings. The number of likely N-dealkylation sites (tertiary alicyclic amines) is 1. The van der Waals surface area contributed by atoms with Crippen LogP contribution < -0.4 is 24.8 Å². The quantitative estimate of drug-likeness (QED) is 0.208. The topological polar surface area (TPSA) is 67.4 Å². The third-order valence-corrected chi connectivity index (χ3v) is 5.56. The van der Waals surface area contributed by atoms with Gasteiger partial charge in [-0.25, -0.2) is 0 Å². The van der Waals surface area contributed by atoms with Gasteiger partial charge in [0.2, 0.25) is 0 Å². The third-order valence-electron chi connectivity index (χ3n) is 5.56. The molecule has 0 spiro atoms. The Kier molecular flexibility index (Phi) is 12.9. The number of nitrogens with zero attached hydrogens (tertiary/aromatic N) is 2. The van der Waals surface area contributed by atoms with Crippen molar-refractivity contribution in [2.45, 2.75) is 45.1 Å². The zero-order chi connectivity index (χ0) is 21.1. The van der Waals surface area contributed by atoms with Gasteiger partial charge in [-0.2, -0.15) is 0 Å². The summed E-state index contributed by atoms with van der Waals surface area (Å²) in [6.45, 7) is 6.36. The first kappa shape index (κ1) is 26.6. The third kappa shape index (κ3) is 8.02. The van der Waals surface area contributed by atoms with Crippen molar-refractivity contribution in [3.05, 3.63) is 17.7 Å². The van der Waals surface area contributed by atoms with Crippen LogP contribution in [-0.2, 0) is 6.42 Å². The number of aliphatic imine (C=N–C) groups is 1. The van der Waals surface area contributed by atoms with Crippen molar-refractivity contribution in [1.82, 2.24) is 15.5 Å². The summed E-state index contributed by atoms with van der Waals surface area (Å²) in [6, 6.07) is 4.48. The number of nitrogens with one attached hydrogen (secondary N) is 2.